The first-order valence-corrected chi connectivity index (χ1v) is 3.55. The van der Waals surface area contributed by atoms with Crippen LogP contribution in [0.4, 0.5) is 13.2 Å². The van der Waals surface area contributed by atoms with Crippen LogP contribution in [0.15, 0.2) is 17.2 Å². The summed E-state index contributed by atoms with van der Waals surface area (Å²) in [5, 5.41) is 0. The van der Waals surface area contributed by atoms with Crippen molar-refractivity contribution in [3.05, 3.63) is 29.7 Å². The number of rotatable bonds is 0. The van der Waals surface area contributed by atoms with E-state index in [0.717, 1.165) is 0 Å². The van der Waals surface area contributed by atoms with E-state index in [1.54, 1.807) is 6.92 Å². The summed E-state index contributed by atoms with van der Waals surface area (Å²) in [6.07, 6.45) is 1.83. The average molecular weight is 173 g/mol. The summed E-state index contributed by atoms with van der Waals surface area (Å²) in [5.74, 6) is -0.261. The topological polar surface area (TPSA) is 0 Å². The quantitative estimate of drug-likeness (QED) is 0.528. The van der Waals surface area contributed by atoms with Crippen LogP contribution in [0, 0.1) is 18.4 Å². The van der Waals surface area contributed by atoms with Gasteiger partial charge in [-0.15, -0.1) is 0 Å². The van der Waals surface area contributed by atoms with Gasteiger partial charge in [0.2, 0.25) is 0 Å². The second-order valence-corrected chi connectivity index (χ2v) is 2.73. The Labute approximate surface area is 69.8 Å². The van der Waals surface area contributed by atoms with Crippen LogP contribution in [0.25, 0.3) is 0 Å². The second-order valence-electron chi connectivity index (χ2n) is 2.73. The number of allylic oxidation sites excluding steroid dienone is 4. The molecule has 1 rings (SSSR count). The Morgan fingerprint density at radius 1 is 1.42 bits per heavy atom. The summed E-state index contributed by atoms with van der Waals surface area (Å²) >= 11 is 0. The van der Waals surface area contributed by atoms with Crippen molar-refractivity contribution < 1.29 is 13.2 Å². The minimum Gasteiger partial charge on any atom is -0.166 e. The lowest BCUT2D eigenvalue weighted by atomic mass is 9.89. The third kappa shape index (κ3) is 1.71. The van der Waals surface area contributed by atoms with Crippen molar-refractivity contribution in [2.45, 2.75) is 20.0 Å². The number of hydrogen-bond donors (Lipinski definition) is 0. The Balaban J connectivity index is 3.02. The van der Waals surface area contributed by atoms with Gasteiger partial charge in [-0.05, 0) is 18.9 Å². The molecule has 0 N–H and O–H groups in total. The minimum atomic E-state index is -4.28. The van der Waals surface area contributed by atoms with E-state index < -0.39 is 11.7 Å². The Hall–Kier alpha value is -0.730. The normalized spacial score (nSPS) is 24.9. The van der Waals surface area contributed by atoms with Crippen LogP contribution >= 0.6 is 0 Å². The van der Waals surface area contributed by atoms with Gasteiger partial charge in [-0.25, -0.2) is 0 Å². The lowest BCUT2D eigenvalue weighted by Gasteiger charge is -2.19. The number of hydrogen-bond acceptors (Lipinski definition) is 0. The summed E-state index contributed by atoms with van der Waals surface area (Å²) in [7, 11) is 0. The maximum atomic E-state index is 12.2. The zero-order valence-corrected chi connectivity index (χ0v) is 6.79. The van der Waals surface area contributed by atoms with Gasteiger partial charge in [0, 0.05) is 6.42 Å². The zero-order chi connectivity index (χ0) is 9.35. The van der Waals surface area contributed by atoms with Gasteiger partial charge in [0.15, 0.2) is 0 Å². The fourth-order valence-corrected chi connectivity index (χ4v) is 1.000. The molecule has 0 aromatic carbocycles. The first-order chi connectivity index (χ1) is 5.43. The largest absolute Gasteiger partial charge is 0.416 e. The van der Waals surface area contributed by atoms with E-state index in [-0.39, 0.29) is 11.5 Å². The molecule has 3 heteroatoms. The highest BCUT2D eigenvalue weighted by Gasteiger charge is 2.35. The van der Waals surface area contributed by atoms with Crippen LogP contribution in [0.5, 0.6) is 0 Å². The van der Waals surface area contributed by atoms with Crippen LogP contribution in [-0.2, 0) is 0 Å². The molecule has 1 aliphatic carbocycles. The molecule has 65 valence electrons. The number of halogens is 3. The Kier molecular flexibility index (Phi) is 2.31. The van der Waals surface area contributed by atoms with E-state index >= 15 is 0 Å². The van der Waals surface area contributed by atoms with Crippen LogP contribution in [-0.4, -0.2) is 6.18 Å². The van der Waals surface area contributed by atoms with Gasteiger partial charge in [0.1, 0.15) is 0 Å². The molecular weight excluding hydrogens is 165 g/mol. The predicted molar refractivity (Wildman–Crippen MR) is 39.0 cm³/mol. The standard InChI is InChI=1S/C9H8F3/c1-6-4-3-5-8(7(6)2)9(10,11)12/h3,6H,1-2H3. The smallest absolute Gasteiger partial charge is 0.166 e. The van der Waals surface area contributed by atoms with E-state index in [2.05, 4.69) is 12.5 Å². The van der Waals surface area contributed by atoms with Crippen molar-refractivity contribution in [1.29, 1.82) is 0 Å². The molecule has 12 heavy (non-hydrogen) atoms. The molecule has 1 atom stereocenters. The number of alkyl halides is 3. The molecule has 0 nitrogen and oxygen atoms in total. The van der Waals surface area contributed by atoms with Crippen molar-refractivity contribution >= 4 is 0 Å². The van der Waals surface area contributed by atoms with E-state index in [9.17, 15) is 13.2 Å². The Morgan fingerprint density at radius 2 is 2.00 bits per heavy atom. The highest BCUT2D eigenvalue weighted by atomic mass is 19.4. The van der Waals surface area contributed by atoms with Gasteiger partial charge in [0.25, 0.3) is 0 Å². The first-order valence-electron chi connectivity index (χ1n) is 3.55. The maximum Gasteiger partial charge on any atom is 0.416 e. The van der Waals surface area contributed by atoms with Gasteiger partial charge < -0.3 is 0 Å². The Morgan fingerprint density at radius 3 is 2.42 bits per heavy atom. The van der Waals surface area contributed by atoms with Crippen molar-refractivity contribution in [2.75, 3.05) is 0 Å². The van der Waals surface area contributed by atoms with Crippen LogP contribution < -0.4 is 0 Å². The fourth-order valence-electron chi connectivity index (χ4n) is 1.000. The third-order valence-electron chi connectivity index (χ3n) is 1.88. The maximum absolute atomic E-state index is 12.2. The fraction of sp³-hybridized carbons (Fsp3) is 0.444. The highest BCUT2D eigenvalue weighted by Crippen LogP contribution is 2.34. The van der Waals surface area contributed by atoms with Gasteiger partial charge in [-0.1, -0.05) is 18.6 Å². The molecule has 0 spiro atoms. The lowest BCUT2D eigenvalue weighted by Crippen LogP contribution is -2.17. The molecule has 0 amide bonds. The Bertz CT molecular complexity index is 233. The van der Waals surface area contributed by atoms with Gasteiger partial charge >= 0.3 is 6.18 Å². The lowest BCUT2D eigenvalue weighted by molar-refractivity contribution is -0.0903. The van der Waals surface area contributed by atoms with Crippen LogP contribution in [0.1, 0.15) is 13.8 Å². The second kappa shape index (κ2) is 2.96. The molecule has 0 fully saturated rings. The summed E-state index contributed by atoms with van der Waals surface area (Å²) in [6.45, 7) is 3.14. The van der Waals surface area contributed by atoms with Gasteiger partial charge in [0.05, 0.1) is 5.57 Å². The van der Waals surface area contributed by atoms with Crippen LogP contribution in [0.2, 0.25) is 0 Å². The molecule has 0 aromatic heterocycles. The summed E-state index contributed by atoms with van der Waals surface area (Å²) in [4.78, 5) is 0. The van der Waals surface area contributed by atoms with Crippen molar-refractivity contribution in [1.82, 2.24) is 0 Å². The highest BCUT2D eigenvalue weighted by molar-refractivity contribution is 5.33. The molecule has 0 bridgehead atoms. The van der Waals surface area contributed by atoms with Crippen molar-refractivity contribution in [3.63, 3.8) is 0 Å². The molecule has 0 saturated heterocycles. The molecule has 3 radical (unpaired) electrons. The SMILES string of the molecule is CC1=C(C(F)(F)F)[C]=C[C]C1C. The zero-order valence-electron chi connectivity index (χ0n) is 6.79. The van der Waals surface area contributed by atoms with Gasteiger partial charge in [-0.2, -0.15) is 13.2 Å². The average Bonchev–Trinajstić information content (AvgIpc) is 1.92. The van der Waals surface area contributed by atoms with Crippen molar-refractivity contribution in [3.8, 4) is 0 Å². The monoisotopic (exact) mass is 173 g/mol. The summed E-state index contributed by atoms with van der Waals surface area (Å²) in [6, 6.07) is 0. The molecule has 0 aliphatic heterocycles. The van der Waals surface area contributed by atoms with E-state index in [0.29, 0.717) is 0 Å². The predicted octanol–water partition coefficient (Wildman–Crippen LogP) is 2.96. The van der Waals surface area contributed by atoms with E-state index in [4.69, 9.17) is 0 Å². The van der Waals surface area contributed by atoms with E-state index in [1.807, 2.05) is 0 Å². The molecular formula is C9H8F3. The molecule has 0 heterocycles. The molecule has 1 aliphatic rings. The molecule has 0 saturated carbocycles. The van der Waals surface area contributed by atoms with Gasteiger partial charge in [-0.3, -0.25) is 0 Å². The minimum absolute atomic E-state index is 0.261. The first kappa shape index (κ1) is 9.36. The summed E-state index contributed by atoms with van der Waals surface area (Å²) < 4.78 is 36.6. The van der Waals surface area contributed by atoms with E-state index in [1.165, 1.54) is 13.0 Å². The van der Waals surface area contributed by atoms with Crippen LogP contribution in [0.3, 0.4) is 0 Å². The molecule has 1 unspecified atom stereocenters. The third-order valence-corrected chi connectivity index (χ3v) is 1.88. The molecule has 0 aromatic rings. The summed E-state index contributed by atoms with van der Waals surface area (Å²) in [5.41, 5.74) is -0.376. The van der Waals surface area contributed by atoms with Crippen molar-refractivity contribution in [2.24, 2.45) is 5.92 Å².